The summed E-state index contributed by atoms with van der Waals surface area (Å²) in [5.41, 5.74) is 0.243. The molecule has 1 unspecified atom stereocenters. The first-order chi connectivity index (χ1) is 4.95. The van der Waals surface area contributed by atoms with Gasteiger partial charge in [0.25, 0.3) is 0 Å². The number of rotatable bonds is 4. The van der Waals surface area contributed by atoms with Crippen molar-refractivity contribution in [1.82, 2.24) is 10.6 Å². The first-order valence-electron chi connectivity index (χ1n) is 4.38. The van der Waals surface area contributed by atoms with Gasteiger partial charge in [-0.2, -0.15) is 0 Å². The molecule has 0 heterocycles. The Labute approximate surface area is 70.8 Å². The molecule has 0 radical (unpaired) electrons. The van der Waals surface area contributed by atoms with Gasteiger partial charge < -0.3 is 10.6 Å². The maximum Gasteiger partial charge on any atom is 0.00989 e. The quantitative estimate of drug-likeness (QED) is 0.646. The van der Waals surface area contributed by atoms with Crippen LogP contribution in [0.25, 0.3) is 0 Å². The van der Waals surface area contributed by atoms with Crippen molar-refractivity contribution >= 4 is 0 Å². The smallest absolute Gasteiger partial charge is 0.00989 e. The van der Waals surface area contributed by atoms with Crippen molar-refractivity contribution in [2.24, 2.45) is 0 Å². The van der Waals surface area contributed by atoms with E-state index in [0.717, 1.165) is 6.54 Å². The fourth-order valence-corrected chi connectivity index (χ4v) is 1.17. The molecule has 2 nitrogen and oxygen atoms in total. The third-order valence-electron chi connectivity index (χ3n) is 1.51. The summed E-state index contributed by atoms with van der Waals surface area (Å²) < 4.78 is 0. The van der Waals surface area contributed by atoms with Crippen LogP contribution in [0.5, 0.6) is 0 Å². The lowest BCUT2D eigenvalue weighted by Gasteiger charge is -2.25. The third kappa shape index (κ3) is 7.82. The minimum absolute atomic E-state index is 0.243. The van der Waals surface area contributed by atoms with E-state index in [4.69, 9.17) is 0 Å². The Balaban J connectivity index is 3.44. The Morgan fingerprint density at radius 2 is 1.82 bits per heavy atom. The second-order valence-corrected chi connectivity index (χ2v) is 4.19. The van der Waals surface area contributed by atoms with Gasteiger partial charge in [0.05, 0.1) is 0 Å². The van der Waals surface area contributed by atoms with E-state index in [1.54, 1.807) is 0 Å². The van der Waals surface area contributed by atoms with Gasteiger partial charge in [-0.3, -0.25) is 0 Å². The average molecular weight is 158 g/mol. The standard InChI is InChI=1S/C9H22N2/c1-8(6-7-10-5)11-9(2,3)4/h8,10-11H,6-7H2,1-5H3. The minimum atomic E-state index is 0.243. The second kappa shape index (κ2) is 4.73. The highest BCUT2D eigenvalue weighted by Gasteiger charge is 2.12. The number of nitrogens with one attached hydrogen (secondary N) is 2. The maximum absolute atomic E-state index is 3.51. The molecule has 0 aliphatic carbocycles. The van der Waals surface area contributed by atoms with Crippen LogP contribution in [0.3, 0.4) is 0 Å². The van der Waals surface area contributed by atoms with Crippen molar-refractivity contribution in [3.8, 4) is 0 Å². The number of hydrogen-bond donors (Lipinski definition) is 2. The molecule has 0 aliphatic rings. The van der Waals surface area contributed by atoms with E-state index in [1.807, 2.05) is 7.05 Å². The molecule has 0 rings (SSSR count). The van der Waals surface area contributed by atoms with Crippen molar-refractivity contribution in [2.75, 3.05) is 13.6 Å². The molecule has 0 aromatic heterocycles. The minimum Gasteiger partial charge on any atom is -0.320 e. The molecule has 0 aromatic carbocycles. The topological polar surface area (TPSA) is 24.1 Å². The van der Waals surface area contributed by atoms with Crippen molar-refractivity contribution in [2.45, 2.75) is 45.7 Å². The van der Waals surface area contributed by atoms with Crippen molar-refractivity contribution in [1.29, 1.82) is 0 Å². The van der Waals surface area contributed by atoms with Gasteiger partial charge in [0.15, 0.2) is 0 Å². The maximum atomic E-state index is 3.51. The first kappa shape index (κ1) is 10.9. The summed E-state index contributed by atoms with van der Waals surface area (Å²) in [6, 6.07) is 0.599. The molecule has 0 bridgehead atoms. The van der Waals surface area contributed by atoms with Gasteiger partial charge in [-0.15, -0.1) is 0 Å². The van der Waals surface area contributed by atoms with Gasteiger partial charge in [0.2, 0.25) is 0 Å². The molecule has 2 heteroatoms. The SMILES string of the molecule is CNCCC(C)NC(C)(C)C. The Hall–Kier alpha value is -0.0800. The molecule has 2 N–H and O–H groups in total. The summed E-state index contributed by atoms with van der Waals surface area (Å²) >= 11 is 0. The normalized spacial score (nSPS) is 15.0. The Morgan fingerprint density at radius 1 is 1.27 bits per heavy atom. The zero-order valence-corrected chi connectivity index (χ0v) is 8.49. The molecule has 0 aromatic rings. The monoisotopic (exact) mass is 158 g/mol. The van der Waals surface area contributed by atoms with Crippen LogP contribution in [0.4, 0.5) is 0 Å². The highest BCUT2D eigenvalue weighted by atomic mass is 15.0. The van der Waals surface area contributed by atoms with E-state index < -0.39 is 0 Å². The zero-order chi connectivity index (χ0) is 8.91. The van der Waals surface area contributed by atoms with E-state index in [-0.39, 0.29) is 5.54 Å². The molecule has 11 heavy (non-hydrogen) atoms. The van der Waals surface area contributed by atoms with Crippen LogP contribution in [0.2, 0.25) is 0 Å². The number of hydrogen-bond acceptors (Lipinski definition) is 2. The lowest BCUT2D eigenvalue weighted by atomic mass is 10.1. The molecule has 68 valence electrons. The molecule has 0 saturated carbocycles. The summed E-state index contributed by atoms with van der Waals surface area (Å²) in [6.07, 6.45) is 1.19. The van der Waals surface area contributed by atoms with Crippen molar-refractivity contribution in [3.05, 3.63) is 0 Å². The van der Waals surface area contributed by atoms with Crippen molar-refractivity contribution in [3.63, 3.8) is 0 Å². The highest BCUT2D eigenvalue weighted by Crippen LogP contribution is 2.02. The summed E-state index contributed by atoms with van der Waals surface area (Å²) in [6.45, 7) is 9.90. The molecule has 0 amide bonds. The fraction of sp³-hybridized carbons (Fsp3) is 1.00. The highest BCUT2D eigenvalue weighted by molar-refractivity contribution is 4.75. The molecule has 0 spiro atoms. The van der Waals surface area contributed by atoms with E-state index >= 15 is 0 Å². The molecular weight excluding hydrogens is 136 g/mol. The molecule has 1 atom stereocenters. The Morgan fingerprint density at radius 3 is 2.18 bits per heavy atom. The van der Waals surface area contributed by atoms with E-state index in [2.05, 4.69) is 38.3 Å². The van der Waals surface area contributed by atoms with Gasteiger partial charge in [-0.05, 0) is 47.7 Å². The molecule has 0 fully saturated rings. The summed E-state index contributed by atoms with van der Waals surface area (Å²) in [5, 5.41) is 6.66. The van der Waals surface area contributed by atoms with Gasteiger partial charge >= 0.3 is 0 Å². The van der Waals surface area contributed by atoms with Gasteiger partial charge in [0.1, 0.15) is 0 Å². The lowest BCUT2D eigenvalue weighted by molar-refractivity contribution is 0.359. The van der Waals surface area contributed by atoms with Gasteiger partial charge in [0, 0.05) is 11.6 Å². The molecular formula is C9H22N2. The predicted molar refractivity (Wildman–Crippen MR) is 50.9 cm³/mol. The van der Waals surface area contributed by atoms with Crippen LogP contribution in [-0.4, -0.2) is 25.2 Å². The van der Waals surface area contributed by atoms with Crippen molar-refractivity contribution < 1.29 is 0 Å². The third-order valence-corrected chi connectivity index (χ3v) is 1.51. The van der Waals surface area contributed by atoms with E-state index in [0.29, 0.717) is 6.04 Å². The summed E-state index contributed by atoms with van der Waals surface area (Å²) in [7, 11) is 1.99. The van der Waals surface area contributed by atoms with Gasteiger partial charge in [-0.25, -0.2) is 0 Å². The van der Waals surface area contributed by atoms with Crippen LogP contribution >= 0.6 is 0 Å². The summed E-state index contributed by atoms with van der Waals surface area (Å²) in [5.74, 6) is 0. The van der Waals surface area contributed by atoms with E-state index in [1.165, 1.54) is 6.42 Å². The summed E-state index contributed by atoms with van der Waals surface area (Å²) in [4.78, 5) is 0. The largest absolute Gasteiger partial charge is 0.320 e. The van der Waals surface area contributed by atoms with Crippen LogP contribution < -0.4 is 10.6 Å². The Bertz CT molecular complexity index is 94.2. The lowest BCUT2D eigenvalue weighted by Crippen LogP contribution is -2.43. The van der Waals surface area contributed by atoms with Crippen LogP contribution in [0.15, 0.2) is 0 Å². The molecule has 0 aliphatic heterocycles. The average Bonchev–Trinajstić information content (AvgIpc) is 1.79. The van der Waals surface area contributed by atoms with Crippen LogP contribution in [-0.2, 0) is 0 Å². The van der Waals surface area contributed by atoms with Crippen LogP contribution in [0.1, 0.15) is 34.1 Å². The zero-order valence-electron chi connectivity index (χ0n) is 8.49. The van der Waals surface area contributed by atoms with E-state index in [9.17, 15) is 0 Å². The first-order valence-corrected chi connectivity index (χ1v) is 4.38. The predicted octanol–water partition coefficient (Wildman–Crippen LogP) is 1.37. The second-order valence-electron chi connectivity index (χ2n) is 4.19. The van der Waals surface area contributed by atoms with Gasteiger partial charge in [-0.1, -0.05) is 0 Å². The Kier molecular flexibility index (Phi) is 4.69. The van der Waals surface area contributed by atoms with Crippen LogP contribution in [0, 0.1) is 0 Å². The molecule has 0 saturated heterocycles. The fourth-order valence-electron chi connectivity index (χ4n) is 1.17.